The van der Waals surface area contributed by atoms with E-state index < -0.39 is 14.9 Å². The van der Waals surface area contributed by atoms with Crippen molar-refractivity contribution < 1.29 is 12.8 Å². The van der Waals surface area contributed by atoms with E-state index in [1.807, 2.05) is 0 Å². The zero-order valence-electron chi connectivity index (χ0n) is 5.46. The predicted octanol–water partition coefficient (Wildman–Crippen LogP) is 1.91. The molecule has 1 rings (SSSR count). The number of rotatable bonds is 1. The molecule has 0 radical (unpaired) electrons. The fourth-order valence-corrected chi connectivity index (χ4v) is 2.54. The third-order valence-corrected chi connectivity index (χ3v) is 3.47. The van der Waals surface area contributed by atoms with Crippen LogP contribution in [0.25, 0.3) is 0 Å². The first-order valence-corrected chi connectivity index (χ1v) is 5.77. The van der Waals surface area contributed by atoms with Gasteiger partial charge in [0.05, 0.1) is 10.7 Å². The Morgan fingerprint density at radius 1 is 1.50 bits per heavy atom. The van der Waals surface area contributed by atoms with Crippen LogP contribution in [0.3, 0.4) is 0 Å². The molecule has 3 nitrogen and oxygen atoms in total. The fourth-order valence-electron chi connectivity index (χ4n) is 0.571. The Kier molecular flexibility index (Phi) is 2.70. The molecule has 0 unspecified atom stereocenters. The fraction of sp³-hybridized carbons (Fsp3) is 0. The third-order valence-electron chi connectivity index (χ3n) is 1.07. The summed E-state index contributed by atoms with van der Waals surface area (Å²) in [7, 11) is 1.04. The van der Waals surface area contributed by atoms with Crippen molar-refractivity contribution in [1.29, 1.82) is 0 Å². The molecule has 0 N–H and O–H groups in total. The van der Waals surface area contributed by atoms with Gasteiger partial charge in [-0.05, 0) is 15.9 Å². The van der Waals surface area contributed by atoms with E-state index in [1.165, 1.54) is 0 Å². The maximum atomic E-state index is 12.7. The Labute approximate surface area is 81.1 Å². The highest BCUT2D eigenvalue weighted by Crippen LogP contribution is 2.25. The highest BCUT2D eigenvalue weighted by molar-refractivity contribution is 9.10. The van der Waals surface area contributed by atoms with Crippen LogP contribution in [-0.2, 0) is 9.05 Å². The number of halogens is 3. The summed E-state index contributed by atoms with van der Waals surface area (Å²) in [5.41, 5.74) is 0. The van der Waals surface area contributed by atoms with Gasteiger partial charge in [-0.25, -0.2) is 12.8 Å². The lowest BCUT2D eigenvalue weighted by Gasteiger charge is -1.98. The average Bonchev–Trinajstić information content (AvgIpc) is 1.92. The van der Waals surface area contributed by atoms with Gasteiger partial charge in [-0.2, -0.15) is 0 Å². The maximum absolute atomic E-state index is 12.7. The summed E-state index contributed by atoms with van der Waals surface area (Å²) < 4.78 is 33.9. The number of nitrogens with zero attached hydrogens (tertiary/aromatic N) is 1. The lowest BCUT2D eigenvalue weighted by Crippen LogP contribution is -1.95. The molecule has 0 aromatic carbocycles. The maximum Gasteiger partial charge on any atom is 0.264 e. The molecule has 7 heteroatoms. The first-order chi connectivity index (χ1) is 5.43. The summed E-state index contributed by atoms with van der Waals surface area (Å²) in [6.07, 6.45) is 1.85. The SMILES string of the molecule is O=S(=O)(Cl)c1cncc(F)c1Br. The molecule has 1 aromatic rings. The van der Waals surface area contributed by atoms with Crippen LogP contribution in [0, 0.1) is 5.82 Å². The van der Waals surface area contributed by atoms with Crippen LogP contribution < -0.4 is 0 Å². The van der Waals surface area contributed by atoms with E-state index in [9.17, 15) is 12.8 Å². The second-order valence-corrected chi connectivity index (χ2v) is 5.20. The van der Waals surface area contributed by atoms with E-state index in [0.717, 1.165) is 12.4 Å². The van der Waals surface area contributed by atoms with Gasteiger partial charge in [0.25, 0.3) is 9.05 Å². The monoisotopic (exact) mass is 273 g/mol. The number of hydrogen-bond acceptors (Lipinski definition) is 3. The number of pyridine rings is 1. The number of hydrogen-bond donors (Lipinski definition) is 0. The summed E-state index contributed by atoms with van der Waals surface area (Å²) in [6, 6.07) is 0. The third kappa shape index (κ3) is 1.94. The minimum atomic E-state index is -3.93. The van der Waals surface area contributed by atoms with Gasteiger partial charge in [0.15, 0.2) is 5.82 Å². The molecule has 0 atom stereocenters. The van der Waals surface area contributed by atoms with Crippen molar-refractivity contribution in [2.24, 2.45) is 0 Å². The van der Waals surface area contributed by atoms with Gasteiger partial charge in [-0.3, -0.25) is 4.98 Å². The molecule has 0 aliphatic rings. The summed E-state index contributed by atoms with van der Waals surface area (Å²) >= 11 is 2.74. The largest absolute Gasteiger partial charge is 0.264 e. The first-order valence-electron chi connectivity index (χ1n) is 2.66. The molecule has 66 valence electrons. The van der Waals surface area contributed by atoms with Crippen LogP contribution in [0.1, 0.15) is 0 Å². The van der Waals surface area contributed by atoms with Gasteiger partial charge >= 0.3 is 0 Å². The van der Waals surface area contributed by atoms with Gasteiger partial charge in [-0.15, -0.1) is 0 Å². The van der Waals surface area contributed by atoms with Crippen molar-refractivity contribution in [3.8, 4) is 0 Å². The second kappa shape index (κ2) is 3.27. The lowest BCUT2D eigenvalue weighted by atomic mass is 10.5. The Hall–Kier alpha value is -0.200. The minimum Gasteiger partial charge on any atom is -0.260 e. The first kappa shape index (κ1) is 9.88. The average molecular weight is 274 g/mol. The van der Waals surface area contributed by atoms with Gasteiger partial charge in [0, 0.05) is 16.9 Å². The smallest absolute Gasteiger partial charge is 0.260 e. The van der Waals surface area contributed by atoms with E-state index >= 15 is 0 Å². The van der Waals surface area contributed by atoms with Crippen molar-refractivity contribution in [3.63, 3.8) is 0 Å². The topological polar surface area (TPSA) is 47.0 Å². The van der Waals surface area contributed by atoms with E-state index in [1.54, 1.807) is 0 Å². The van der Waals surface area contributed by atoms with E-state index in [0.29, 0.717) is 0 Å². The van der Waals surface area contributed by atoms with Crippen LogP contribution in [0.2, 0.25) is 0 Å². The second-order valence-electron chi connectivity index (χ2n) is 1.87. The number of aromatic nitrogens is 1. The van der Waals surface area contributed by atoms with Crippen LogP contribution in [0.5, 0.6) is 0 Å². The molecule has 0 aliphatic carbocycles. The quantitative estimate of drug-likeness (QED) is 0.735. The molecule has 0 fully saturated rings. The Bertz CT molecular complexity index is 408. The van der Waals surface area contributed by atoms with Crippen molar-refractivity contribution >= 4 is 35.7 Å². The Balaban J connectivity index is 3.47. The summed E-state index contributed by atoms with van der Waals surface area (Å²) in [6.45, 7) is 0. The Morgan fingerprint density at radius 2 is 2.08 bits per heavy atom. The zero-order valence-corrected chi connectivity index (χ0v) is 8.62. The molecule has 1 aromatic heterocycles. The molecular weight excluding hydrogens is 272 g/mol. The molecule has 1 heterocycles. The van der Waals surface area contributed by atoms with Crippen LogP contribution in [-0.4, -0.2) is 13.4 Å². The minimum absolute atomic E-state index is 0.201. The Morgan fingerprint density at radius 3 is 2.50 bits per heavy atom. The van der Waals surface area contributed by atoms with Crippen molar-refractivity contribution in [1.82, 2.24) is 4.98 Å². The molecule has 0 saturated heterocycles. The molecular formula is C5H2BrClFNO2S. The van der Waals surface area contributed by atoms with E-state index in [4.69, 9.17) is 10.7 Å². The molecule has 0 amide bonds. The molecule has 0 spiro atoms. The highest BCUT2D eigenvalue weighted by Gasteiger charge is 2.17. The lowest BCUT2D eigenvalue weighted by molar-refractivity contribution is 0.593. The molecule has 12 heavy (non-hydrogen) atoms. The standard InChI is InChI=1S/C5H2BrClFNO2S/c6-5-3(8)1-9-2-4(5)12(7,10)11/h1-2H. The highest BCUT2D eigenvalue weighted by atomic mass is 79.9. The van der Waals surface area contributed by atoms with E-state index in [-0.39, 0.29) is 9.37 Å². The van der Waals surface area contributed by atoms with Gasteiger partial charge in [0.1, 0.15) is 4.90 Å². The zero-order chi connectivity index (χ0) is 9.35. The van der Waals surface area contributed by atoms with Gasteiger partial charge in [-0.1, -0.05) is 0 Å². The summed E-state index contributed by atoms with van der Waals surface area (Å²) in [5.74, 6) is -0.767. The molecule has 0 aliphatic heterocycles. The summed E-state index contributed by atoms with van der Waals surface area (Å²) in [5, 5.41) is 0. The molecule has 0 bridgehead atoms. The predicted molar refractivity (Wildman–Crippen MR) is 44.9 cm³/mol. The molecule has 0 saturated carbocycles. The normalized spacial score (nSPS) is 11.6. The van der Waals surface area contributed by atoms with Gasteiger partial charge in [0.2, 0.25) is 0 Å². The van der Waals surface area contributed by atoms with Gasteiger partial charge < -0.3 is 0 Å². The van der Waals surface area contributed by atoms with Crippen molar-refractivity contribution in [3.05, 3.63) is 22.7 Å². The van der Waals surface area contributed by atoms with Crippen LogP contribution >= 0.6 is 26.6 Å². The summed E-state index contributed by atoms with van der Waals surface area (Å²) in [4.78, 5) is 2.97. The van der Waals surface area contributed by atoms with E-state index in [2.05, 4.69) is 20.9 Å². The van der Waals surface area contributed by atoms with Crippen molar-refractivity contribution in [2.45, 2.75) is 4.90 Å². The van der Waals surface area contributed by atoms with Crippen LogP contribution in [0.15, 0.2) is 21.8 Å². The van der Waals surface area contributed by atoms with Crippen LogP contribution in [0.4, 0.5) is 4.39 Å². The van der Waals surface area contributed by atoms with Crippen molar-refractivity contribution in [2.75, 3.05) is 0 Å².